The monoisotopic (exact) mass is 302 g/mol. The third-order valence-corrected chi connectivity index (χ3v) is 4.77. The molecule has 0 aromatic carbocycles. The minimum atomic E-state index is -3.49. The summed E-state index contributed by atoms with van der Waals surface area (Å²) in [6.07, 6.45) is 3.31. The molecule has 1 fully saturated rings. The molecule has 1 aromatic heterocycles. The second-order valence-corrected chi connectivity index (χ2v) is 7.03. The topological polar surface area (TPSA) is 76.5 Å². The molecule has 0 radical (unpaired) electrons. The van der Waals surface area contributed by atoms with Crippen LogP contribution in [-0.4, -0.2) is 53.8 Å². The lowest BCUT2D eigenvalue weighted by Gasteiger charge is -2.35. The molecule has 1 aliphatic heterocycles. The van der Waals surface area contributed by atoms with Crippen LogP contribution in [0.25, 0.3) is 0 Å². The summed E-state index contributed by atoms with van der Waals surface area (Å²) in [7, 11) is -3.49. The summed E-state index contributed by atoms with van der Waals surface area (Å²) < 4.78 is 36.1. The van der Waals surface area contributed by atoms with Crippen LogP contribution in [0.3, 0.4) is 0 Å². The Kier molecular flexibility index (Phi) is 4.79. The Bertz CT molecular complexity index is 507. The number of hydrogen-bond acceptors (Lipinski definition) is 4. The van der Waals surface area contributed by atoms with Crippen LogP contribution in [-0.2, 0) is 21.5 Å². The Balaban J connectivity index is 1.96. The molecule has 114 valence electrons. The highest BCUT2D eigenvalue weighted by Gasteiger charge is 2.31. The Morgan fingerprint density at radius 1 is 1.40 bits per heavy atom. The zero-order valence-electron chi connectivity index (χ0n) is 12.1. The molecule has 2 rings (SSSR count). The number of morpholine rings is 1. The van der Waals surface area contributed by atoms with Gasteiger partial charge >= 0.3 is 0 Å². The average Bonchev–Trinajstić information content (AvgIpc) is 2.79. The third-order valence-electron chi connectivity index (χ3n) is 3.10. The van der Waals surface area contributed by atoms with Crippen LogP contribution in [0.1, 0.15) is 20.8 Å². The van der Waals surface area contributed by atoms with E-state index < -0.39 is 10.2 Å². The molecule has 3 atom stereocenters. The minimum Gasteiger partial charge on any atom is -0.373 e. The molecule has 1 aromatic rings. The van der Waals surface area contributed by atoms with Crippen molar-refractivity contribution in [1.29, 1.82) is 0 Å². The van der Waals surface area contributed by atoms with Gasteiger partial charge in [0.15, 0.2) is 0 Å². The fraction of sp³-hybridized carbons (Fsp3) is 0.750. The number of nitrogens with zero attached hydrogens (tertiary/aromatic N) is 3. The minimum absolute atomic E-state index is 0.0863. The van der Waals surface area contributed by atoms with Crippen molar-refractivity contribution in [3.63, 3.8) is 0 Å². The van der Waals surface area contributed by atoms with Crippen molar-refractivity contribution in [2.24, 2.45) is 0 Å². The van der Waals surface area contributed by atoms with Crippen molar-refractivity contribution in [3.8, 4) is 0 Å². The van der Waals surface area contributed by atoms with Crippen molar-refractivity contribution < 1.29 is 13.2 Å². The first-order chi connectivity index (χ1) is 9.37. The standard InChI is InChI=1S/C12H22N4O3S/c1-10(7-15-6-4-5-13-15)14-20(17,18)16-8-11(2)19-12(3)9-16/h4-6,10-12,14H,7-9H2,1-3H3/t10-,11-,12+/m0/s1. The Morgan fingerprint density at radius 3 is 2.60 bits per heavy atom. The number of aromatic nitrogens is 2. The highest BCUT2D eigenvalue weighted by Crippen LogP contribution is 2.13. The van der Waals surface area contributed by atoms with Crippen LogP contribution >= 0.6 is 0 Å². The maximum atomic E-state index is 12.3. The third kappa shape index (κ3) is 4.02. The molecule has 1 saturated heterocycles. The van der Waals surface area contributed by atoms with Gasteiger partial charge in [-0.05, 0) is 26.8 Å². The summed E-state index contributed by atoms with van der Waals surface area (Å²) in [6.45, 7) is 6.85. The van der Waals surface area contributed by atoms with E-state index in [1.165, 1.54) is 4.31 Å². The van der Waals surface area contributed by atoms with Crippen LogP contribution in [0, 0.1) is 0 Å². The van der Waals surface area contributed by atoms with Crippen LogP contribution in [0.2, 0.25) is 0 Å². The molecule has 0 amide bonds. The van der Waals surface area contributed by atoms with Gasteiger partial charge in [-0.15, -0.1) is 0 Å². The first kappa shape index (κ1) is 15.4. The largest absolute Gasteiger partial charge is 0.373 e. The molecule has 0 bridgehead atoms. The lowest BCUT2D eigenvalue weighted by molar-refractivity contribution is -0.0444. The number of ether oxygens (including phenoxy) is 1. The predicted octanol–water partition coefficient (Wildman–Crippen LogP) is 0.215. The summed E-state index contributed by atoms with van der Waals surface area (Å²) >= 11 is 0. The van der Waals surface area contributed by atoms with Gasteiger partial charge in [0.25, 0.3) is 10.2 Å². The number of nitrogens with one attached hydrogen (secondary N) is 1. The maximum absolute atomic E-state index is 12.3. The van der Waals surface area contributed by atoms with Gasteiger partial charge in [0, 0.05) is 31.5 Å². The lowest BCUT2D eigenvalue weighted by atomic mass is 10.3. The summed E-state index contributed by atoms with van der Waals surface area (Å²) in [6, 6.07) is 1.58. The smallest absolute Gasteiger partial charge is 0.279 e. The Hall–Kier alpha value is -0.960. The van der Waals surface area contributed by atoms with E-state index in [1.54, 1.807) is 10.9 Å². The zero-order chi connectivity index (χ0) is 14.8. The summed E-state index contributed by atoms with van der Waals surface area (Å²) in [5.74, 6) is 0. The number of hydrogen-bond donors (Lipinski definition) is 1. The molecule has 0 aliphatic carbocycles. The van der Waals surface area contributed by atoms with E-state index in [2.05, 4.69) is 9.82 Å². The maximum Gasteiger partial charge on any atom is 0.279 e. The van der Waals surface area contributed by atoms with Gasteiger partial charge in [0.05, 0.1) is 18.8 Å². The van der Waals surface area contributed by atoms with Gasteiger partial charge in [-0.3, -0.25) is 4.68 Å². The second-order valence-electron chi connectivity index (χ2n) is 5.33. The van der Waals surface area contributed by atoms with Gasteiger partial charge in [-0.25, -0.2) is 0 Å². The SMILES string of the molecule is C[C@@H]1CN(S(=O)(=O)N[C@@H](C)Cn2cccn2)C[C@H](C)O1. The fourth-order valence-electron chi connectivity index (χ4n) is 2.38. The highest BCUT2D eigenvalue weighted by atomic mass is 32.2. The molecule has 2 heterocycles. The van der Waals surface area contributed by atoms with Gasteiger partial charge < -0.3 is 4.74 Å². The zero-order valence-corrected chi connectivity index (χ0v) is 12.9. The van der Waals surface area contributed by atoms with E-state index in [9.17, 15) is 8.42 Å². The summed E-state index contributed by atoms with van der Waals surface area (Å²) in [4.78, 5) is 0. The molecule has 1 aliphatic rings. The summed E-state index contributed by atoms with van der Waals surface area (Å²) in [5, 5.41) is 4.07. The van der Waals surface area contributed by atoms with Crippen LogP contribution in [0.15, 0.2) is 18.5 Å². The van der Waals surface area contributed by atoms with Crippen molar-refractivity contribution in [1.82, 2.24) is 18.8 Å². The first-order valence-electron chi connectivity index (χ1n) is 6.77. The second kappa shape index (κ2) is 6.21. The van der Waals surface area contributed by atoms with E-state index in [1.807, 2.05) is 33.0 Å². The molecule has 0 unspecified atom stereocenters. The first-order valence-corrected chi connectivity index (χ1v) is 8.21. The molecular formula is C12H22N4O3S. The van der Waals surface area contributed by atoms with Gasteiger partial charge in [0.2, 0.25) is 0 Å². The molecule has 0 saturated carbocycles. The molecule has 8 heteroatoms. The molecular weight excluding hydrogens is 280 g/mol. The molecule has 20 heavy (non-hydrogen) atoms. The van der Waals surface area contributed by atoms with E-state index in [0.717, 1.165) is 0 Å². The molecule has 1 N–H and O–H groups in total. The van der Waals surface area contributed by atoms with Gasteiger partial charge in [-0.1, -0.05) is 0 Å². The predicted molar refractivity (Wildman–Crippen MR) is 75.3 cm³/mol. The van der Waals surface area contributed by atoms with E-state index >= 15 is 0 Å². The molecule has 7 nitrogen and oxygen atoms in total. The van der Waals surface area contributed by atoms with Gasteiger partial charge in [0.1, 0.15) is 0 Å². The lowest BCUT2D eigenvalue weighted by Crippen LogP contribution is -2.53. The molecule has 0 spiro atoms. The summed E-state index contributed by atoms with van der Waals surface area (Å²) in [5.41, 5.74) is 0. The normalized spacial score (nSPS) is 26.6. The van der Waals surface area contributed by atoms with E-state index in [0.29, 0.717) is 19.6 Å². The number of rotatable bonds is 5. The van der Waals surface area contributed by atoms with Crippen molar-refractivity contribution in [2.45, 2.75) is 45.6 Å². The highest BCUT2D eigenvalue weighted by molar-refractivity contribution is 7.87. The fourth-order valence-corrected chi connectivity index (χ4v) is 3.93. The average molecular weight is 302 g/mol. The van der Waals surface area contributed by atoms with Gasteiger partial charge in [-0.2, -0.15) is 22.5 Å². The van der Waals surface area contributed by atoms with E-state index in [4.69, 9.17) is 4.74 Å². The van der Waals surface area contributed by atoms with Crippen LogP contribution in [0.4, 0.5) is 0 Å². The van der Waals surface area contributed by atoms with E-state index in [-0.39, 0.29) is 18.2 Å². The van der Waals surface area contributed by atoms with Crippen molar-refractivity contribution in [3.05, 3.63) is 18.5 Å². The van der Waals surface area contributed by atoms with Crippen LogP contribution in [0.5, 0.6) is 0 Å². The van der Waals surface area contributed by atoms with Crippen molar-refractivity contribution >= 4 is 10.2 Å². The quantitative estimate of drug-likeness (QED) is 0.844. The van der Waals surface area contributed by atoms with Crippen LogP contribution < -0.4 is 4.72 Å². The Morgan fingerprint density at radius 2 is 2.05 bits per heavy atom. The van der Waals surface area contributed by atoms with Crippen molar-refractivity contribution in [2.75, 3.05) is 13.1 Å². The Labute approximate surface area is 120 Å².